The number of carbonyl (C=O) groups excluding carboxylic acids is 2. The normalized spacial score (nSPS) is 15.8. The molecular weight excluding hydrogens is 376 g/mol. The Balaban J connectivity index is 1.55. The fourth-order valence-electron chi connectivity index (χ4n) is 3.14. The first-order valence-electron chi connectivity index (χ1n) is 9.12. The Morgan fingerprint density at radius 2 is 1.69 bits per heavy atom. The zero-order valence-corrected chi connectivity index (χ0v) is 16.6. The zero-order valence-electron chi connectivity index (χ0n) is 16.6. The maximum atomic E-state index is 12.4. The molecule has 2 amide bonds. The molecule has 154 valence electrons. The van der Waals surface area contributed by atoms with E-state index in [1.807, 2.05) is 0 Å². The van der Waals surface area contributed by atoms with Crippen molar-refractivity contribution in [1.29, 1.82) is 0 Å². The molecule has 29 heavy (non-hydrogen) atoms. The van der Waals surface area contributed by atoms with Crippen LogP contribution >= 0.6 is 0 Å². The van der Waals surface area contributed by atoms with Crippen LogP contribution in [0.25, 0.3) is 0 Å². The first-order chi connectivity index (χ1) is 14.0. The van der Waals surface area contributed by atoms with Crippen molar-refractivity contribution in [2.24, 2.45) is 0 Å². The van der Waals surface area contributed by atoms with Gasteiger partial charge in [0.2, 0.25) is 5.91 Å². The number of benzene rings is 2. The molecule has 1 fully saturated rings. The van der Waals surface area contributed by atoms with Crippen LogP contribution in [-0.4, -0.2) is 52.3 Å². The monoisotopic (exact) mass is 400 g/mol. The van der Waals surface area contributed by atoms with Crippen LogP contribution in [0.3, 0.4) is 0 Å². The van der Waals surface area contributed by atoms with Gasteiger partial charge in [-0.3, -0.25) is 9.59 Å². The van der Waals surface area contributed by atoms with E-state index in [2.05, 4.69) is 5.32 Å². The minimum atomic E-state index is -0.289. The molecular formula is C21H24N2O6. The molecule has 8 nitrogen and oxygen atoms in total. The van der Waals surface area contributed by atoms with Crippen molar-refractivity contribution in [1.82, 2.24) is 5.32 Å². The highest BCUT2D eigenvalue weighted by molar-refractivity contribution is 5.97. The predicted molar refractivity (Wildman–Crippen MR) is 107 cm³/mol. The number of hydrogen-bond donors (Lipinski definition) is 1. The second-order valence-corrected chi connectivity index (χ2v) is 6.48. The first kappa shape index (κ1) is 20.3. The van der Waals surface area contributed by atoms with Crippen LogP contribution in [0.1, 0.15) is 6.42 Å². The third kappa shape index (κ3) is 4.90. The van der Waals surface area contributed by atoms with Crippen LogP contribution < -0.4 is 29.2 Å². The minimum Gasteiger partial charge on any atom is -0.497 e. The number of nitrogens with one attached hydrogen (secondary N) is 1. The predicted octanol–water partition coefficient (Wildman–Crippen LogP) is 2.01. The van der Waals surface area contributed by atoms with Gasteiger partial charge in [0.15, 0.2) is 18.1 Å². The van der Waals surface area contributed by atoms with E-state index in [4.69, 9.17) is 18.9 Å². The molecule has 8 heteroatoms. The molecule has 1 N–H and O–H groups in total. The second kappa shape index (κ2) is 9.18. The zero-order chi connectivity index (χ0) is 20.8. The van der Waals surface area contributed by atoms with Crippen molar-refractivity contribution in [3.63, 3.8) is 0 Å². The Kier molecular flexibility index (Phi) is 6.43. The summed E-state index contributed by atoms with van der Waals surface area (Å²) >= 11 is 0. The third-order valence-electron chi connectivity index (χ3n) is 4.60. The largest absolute Gasteiger partial charge is 0.497 e. The molecule has 0 aliphatic carbocycles. The lowest BCUT2D eigenvalue weighted by Gasteiger charge is -2.19. The molecule has 1 atom stereocenters. The minimum absolute atomic E-state index is 0.0707. The van der Waals surface area contributed by atoms with Crippen LogP contribution in [-0.2, 0) is 9.59 Å². The average Bonchev–Trinajstić information content (AvgIpc) is 3.11. The summed E-state index contributed by atoms with van der Waals surface area (Å²) in [5.41, 5.74) is 0.693. The number of nitrogens with zero attached hydrogens (tertiary/aromatic N) is 1. The van der Waals surface area contributed by atoms with Crippen molar-refractivity contribution < 1.29 is 28.5 Å². The van der Waals surface area contributed by atoms with Gasteiger partial charge in [-0.15, -0.1) is 0 Å². The van der Waals surface area contributed by atoms with E-state index in [-0.39, 0.29) is 30.9 Å². The van der Waals surface area contributed by atoms with Gasteiger partial charge in [-0.2, -0.15) is 0 Å². The van der Waals surface area contributed by atoms with Gasteiger partial charge in [-0.1, -0.05) is 0 Å². The Bertz CT molecular complexity index is 868. The summed E-state index contributed by atoms with van der Waals surface area (Å²) < 4.78 is 21.1. The summed E-state index contributed by atoms with van der Waals surface area (Å²) in [6.07, 6.45) is 0.225. The molecule has 0 unspecified atom stereocenters. The lowest BCUT2D eigenvalue weighted by atomic mass is 10.2. The molecule has 0 spiro atoms. The van der Waals surface area contributed by atoms with E-state index in [0.717, 1.165) is 0 Å². The summed E-state index contributed by atoms with van der Waals surface area (Å²) in [6, 6.07) is 11.9. The third-order valence-corrected chi connectivity index (χ3v) is 4.60. The van der Waals surface area contributed by atoms with Crippen LogP contribution in [0.2, 0.25) is 0 Å². The number of rotatable bonds is 8. The van der Waals surface area contributed by atoms with Gasteiger partial charge in [-0.25, -0.2) is 0 Å². The van der Waals surface area contributed by atoms with Gasteiger partial charge in [0, 0.05) is 24.7 Å². The van der Waals surface area contributed by atoms with Gasteiger partial charge >= 0.3 is 0 Å². The van der Waals surface area contributed by atoms with Gasteiger partial charge in [0.05, 0.1) is 27.4 Å². The van der Waals surface area contributed by atoms with Crippen molar-refractivity contribution in [3.05, 3.63) is 42.5 Å². The SMILES string of the molecule is COc1ccc(OCC(=O)N[C@@H]2CC(=O)N(c3ccc(OC)c(OC)c3)C2)cc1. The summed E-state index contributed by atoms with van der Waals surface area (Å²) in [7, 11) is 4.68. The molecule has 1 aliphatic heterocycles. The van der Waals surface area contributed by atoms with E-state index in [1.165, 1.54) is 0 Å². The van der Waals surface area contributed by atoms with Crippen molar-refractivity contribution >= 4 is 17.5 Å². The number of carbonyl (C=O) groups is 2. The highest BCUT2D eigenvalue weighted by Gasteiger charge is 2.32. The highest BCUT2D eigenvalue weighted by atomic mass is 16.5. The summed E-state index contributed by atoms with van der Waals surface area (Å²) in [4.78, 5) is 26.2. The van der Waals surface area contributed by atoms with E-state index in [1.54, 1.807) is 68.7 Å². The molecule has 1 heterocycles. The average molecular weight is 400 g/mol. The Morgan fingerprint density at radius 1 is 1.00 bits per heavy atom. The number of amides is 2. The van der Waals surface area contributed by atoms with Crippen molar-refractivity contribution in [2.75, 3.05) is 39.4 Å². The highest BCUT2D eigenvalue weighted by Crippen LogP contribution is 2.33. The molecule has 1 aliphatic rings. The van der Waals surface area contributed by atoms with E-state index < -0.39 is 0 Å². The molecule has 0 radical (unpaired) electrons. The van der Waals surface area contributed by atoms with Crippen molar-refractivity contribution in [3.8, 4) is 23.0 Å². The standard InChI is InChI=1S/C21H24N2O6/c1-26-16-5-7-17(8-6-16)29-13-20(24)22-14-10-21(25)23(12-14)15-4-9-18(27-2)19(11-15)28-3/h4-9,11,14H,10,12-13H2,1-3H3,(H,22,24)/t14-/m1/s1. The van der Waals surface area contributed by atoms with Crippen LogP contribution in [0.15, 0.2) is 42.5 Å². The van der Waals surface area contributed by atoms with Crippen molar-refractivity contribution in [2.45, 2.75) is 12.5 Å². The first-order valence-corrected chi connectivity index (χ1v) is 9.12. The van der Waals surface area contributed by atoms with Gasteiger partial charge in [0.1, 0.15) is 11.5 Å². The molecule has 0 bridgehead atoms. The Labute approximate surface area is 169 Å². The van der Waals surface area contributed by atoms with Gasteiger partial charge < -0.3 is 29.2 Å². The van der Waals surface area contributed by atoms with Crippen LogP contribution in [0.5, 0.6) is 23.0 Å². The fraction of sp³-hybridized carbons (Fsp3) is 0.333. The summed E-state index contributed by atoms with van der Waals surface area (Å²) in [5, 5.41) is 2.85. The fourth-order valence-corrected chi connectivity index (χ4v) is 3.14. The number of hydrogen-bond acceptors (Lipinski definition) is 6. The van der Waals surface area contributed by atoms with Crippen LogP contribution in [0.4, 0.5) is 5.69 Å². The summed E-state index contributed by atoms with van der Waals surface area (Å²) in [5.74, 6) is 2.05. The quantitative estimate of drug-likeness (QED) is 0.730. The smallest absolute Gasteiger partial charge is 0.258 e. The number of ether oxygens (including phenoxy) is 4. The molecule has 2 aromatic rings. The van der Waals surface area contributed by atoms with Crippen LogP contribution in [0, 0.1) is 0 Å². The summed E-state index contributed by atoms with van der Waals surface area (Å²) in [6.45, 7) is 0.246. The second-order valence-electron chi connectivity index (χ2n) is 6.48. The van der Waals surface area contributed by atoms with E-state index >= 15 is 0 Å². The molecule has 0 aromatic heterocycles. The molecule has 2 aromatic carbocycles. The Hall–Kier alpha value is -3.42. The lowest BCUT2D eigenvalue weighted by Crippen LogP contribution is -2.39. The van der Waals surface area contributed by atoms with Gasteiger partial charge in [-0.05, 0) is 36.4 Å². The van der Waals surface area contributed by atoms with E-state index in [0.29, 0.717) is 35.2 Å². The van der Waals surface area contributed by atoms with Gasteiger partial charge in [0.25, 0.3) is 5.91 Å². The number of anilines is 1. The lowest BCUT2D eigenvalue weighted by molar-refractivity contribution is -0.123. The maximum absolute atomic E-state index is 12.4. The Morgan fingerprint density at radius 3 is 2.34 bits per heavy atom. The molecule has 0 saturated carbocycles. The number of methoxy groups -OCH3 is 3. The topological polar surface area (TPSA) is 86.3 Å². The molecule has 1 saturated heterocycles. The molecule has 3 rings (SSSR count). The van der Waals surface area contributed by atoms with E-state index in [9.17, 15) is 9.59 Å². The maximum Gasteiger partial charge on any atom is 0.258 e.